The summed E-state index contributed by atoms with van der Waals surface area (Å²) in [6.07, 6.45) is 1.80. The van der Waals surface area contributed by atoms with E-state index in [0.29, 0.717) is 6.54 Å². The second kappa shape index (κ2) is 4.97. The molecule has 0 saturated carbocycles. The smallest absolute Gasteiger partial charge is 0.134 e. The first-order chi connectivity index (χ1) is 7.68. The van der Waals surface area contributed by atoms with Gasteiger partial charge in [-0.25, -0.2) is 4.98 Å². The molecule has 0 amide bonds. The van der Waals surface area contributed by atoms with Crippen LogP contribution < -0.4 is 5.32 Å². The van der Waals surface area contributed by atoms with Gasteiger partial charge in [-0.1, -0.05) is 50.6 Å². The van der Waals surface area contributed by atoms with Crippen molar-refractivity contribution in [1.29, 1.82) is 0 Å². The van der Waals surface area contributed by atoms with Gasteiger partial charge in [0.2, 0.25) is 0 Å². The highest BCUT2D eigenvalue weighted by Crippen LogP contribution is 2.27. The molecule has 2 aromatic rings. The molecule has 0 aliphatic carbocycles. The number of rotatable bonds is 3. The van der Waals surface area contributed by atoms with E-state index in [1.165, 1.54) is 0 Å². The molecule has 4 heteroatoms. The van der Waals surface area contributed by atoms with Crippen molar-refractivity contribution >= 4 is 48.5 Å². The monoisotopic (exact) mass is 340 g/mol. The van der Waals surface area contributed by atoms with Crippen LogP contribution in [-0.4, -0.2) is 11.5 Å². The van der Waals surface area contributed by atoms with E-state index in [4.69, 9.17) is 0 Å². The van der Waals surface area contributed by atoms with Crippen LogP contribution in [-0.2, 0) is 0 Å². The second-order valence-corrected chi connectivity index (χ2v) is 5.34. The van der Waals surface area contributed by atoms with E-state index in [1.807, 2.05) is 24.3 Å². The van der Waals surface area contributed by atoms with Gasteiger partial charge in [0.1, 0.15) is 5.82 Å². The van der Waals surface area contributed by atoms with Crippen molar-refractivity contribution < 1.29 is 0 Å². The van der Waals surface area contributed by atoms with Crippen molar-refractivity contribution in [3.8, 4) is 0 Å². The van der Waals surface area contributed by atoms with Crippen LogP contribution >= 0.6 is 31.9 Å². The summed E-state index contributed by atoms with van der Waals surface area (Å²) >= 11 is 6.85. The number of fused-ring (bicyclic) bond motifs is 1. The molecule has 0 aliphatic heterocycles. The van der Waals surface area contributed by atoms with Crippen molar-refractivity contribution in [3.63, 3.8) is 0 Å². The van der Waals surface area contributed by atoms with Crippen molar-refractivity contribution in [2.45, 2.75) is 0 Å². The summed E-state index contributed by atoms with van der Waals surface area (Å²) in [6, 6.07) is 8.07. The van der Waals surface area contributed by atoms with Gasteiger partial charge in [-0.15, -0.1) is 0 Å². The fourth-order valence-electron chi connectivity index (χ4n) is 1.49. The van der Waals surface area contributed by atoms with Gasteiger partial charge in [0.25, 0.3) is 0 Å². The Balaban J connectivity index is 2.45. The van der Waals surface area contributed by atoms with Gasteiger partial charge in [0.15, 0.2) is 0 Å². The van der Waals surface area contributed by atoms with E-state index in [0.717, 1.165) is 25.5 Å². The van der Waals surface area contributed by atoms with Gasteiger partial charge in [0, 0.05) is 32.5 Å². The molecule has 0 atom stereocenters. The molecule has 16 heavy (non-hydrogen) atoms. The Morgan fingerprint density at radius 2 is 2.12 bits per heavy atom. The van der Waals surface area contributed by atoms with Gasteiger partial charge < -0.3 is 5.32 Å². The number of halogens is 2. The Kier molecular flexibility index (Phi) is 3.61. The largest absolute Gasteiger partial charge is 0.365 e. The SMILES string of the molecule is C=C(Br)CNc1nccc2c(Br)cccc12. The minimum atomic E-state index is 0.665. The lowest BCUT2D eigenvalue weighted by Crippen LogP contribution is -2.02. The molecule has 1 N–H and O–H groups in total. The van der Waals surface area contributed by atoms with Gasteiger partial charge in [0.05, 0.1) is 0 Å². The predicted molar refractivity (Wildman–Crippen MR) is 76.0 cm³/mol. The predicted octanol–water partition coefficient (Wildman–Crippen LogP) is 4.32. The van der Waals surface area contributed by atoms with Gasteiger partial charge in [-0.2, -0.15) is 0 Å². The molecule has 2 nitrogen and oxygen atoms in total. The second-order valence-electron chi connectivity index (χ2n) is 3.37. The van der Waals surface area contributed by atoms with E-state index in [-0.39, 0.29) is 0 Å². The summed E-state index contributed by atoms with van der Waals surface area (Å²) in [7, 11) is 0. The van der Waals surface area contributed by atoms with E-state index in [1.54, 1.807) is 6.20 Å². The maximum Gasteiger partial charge on any atom is 0.134 e. The Bertz CT molecular complexity index is 538. The van der Waals surface area contributed by atoms with Gasteiger partial charge in [-0.05, 0) is 12.1 Å². The third kappa shape index (κ3) is 2.44. The Morgan fingerprint density at radius 3 is 2.88 bits per heavy atom. The number of hydrogen-bond donors (Lipinski definition) is 1. The molecule has 0 radical (unpaired) electrons. The standard InChI is InChI=1S/C12H10Br2N2/c1-8(13)7-16-12-10-3-2-4-11(14)9(10)5-6-15-12/h2-6H,1,7H2,(H,15,16). The molecule has 2 rings (SSSR count). The Hall–Kier alpha value is -0.870. The number of nitrogens with zero attached hydrogens (tertiary/aromatic N) is 1. The Labute approximate surface area is 111 Å². The van der Waals surface area contributed by atoms with Crippen LogP contribution in [0.5, 0.6) is 0 Å². The summed E-state index contributed by atoms with van der Waals surface area (Å²) in [6.45, 7) is 4.45. The van der Waals surface area contributed by atoms with Crippen LogP contribution in [0.15, 0.2) is 46.0 Å². The van der Waals surface area contributed by atoms with Crippen LogP contribution in [0.2, 0.25) is 0 Å². The molecule has 0 unspecified atom stereocenters. The summed E-state index contributed by atoms with van der Waals surface area (Å²) in [5.74, 6) is 0.874. The Morgan fingerprint density at radius 1 is 1.31 bits per heavy atom. The molecule has 0 spiro atoms. The highest BCUT2D eigenvalue weighted by atomic mass is 79.9. The zero-order chi connectivity index (χ0) is 11.5. The molecule has 1 aromatic heterocycles. The molecular formula is C12H10Br2N2. The number of aromatic nitrogens is 1. The molecule has 1 aromatic carbocycles. The molecule has 0 fully saturated rings. The van der Waals surface area contributed by atoms with E-state index in [2.05, 4.69) is 48.7 Å². The zero-order valence-corrected chi connectivity index (χ0v) is 11.7. The average Bonchev–Trinajstić information content (AvgIpc) is 2.27. The van der Waals surface area contributed by atoms with E-state index >= 15 is 0 Å². The maximum atomic E-state index is 4.33. The minimum absolute atomic E-state index is 0.665. The van der Waals surface area contributed by atoms with Gasteiger partial charge >= 0.3 is 0 Å². The maximum absolute atomic E-state index is 4.33. The first kappa shape index (κ1) is 11.6. The number of hydrogen-bond acceptors (Lipinski definition) is 2. The van der Waals surface area contributed by atoms with Crippen molar-refractivity contribution in [3.05, 3.63) is 46.0 Å². The first-order valence-corrected chi connectivity index (χ1v) is 6.37. The van der Waals surface area contributed by atoms with Crippen molar-refractivity contribution in [2.75, 3.05) is 11.9 Å². The summed E-state index contributed by atoms with van der Waals surface area (Å²) in [5, 5.41) is 5.49. The van der Waals surface area contributed by atoms with Crippen LogP contribution in [0.3, 0.4) is 0 Å². The highest BCUT2D eigenvalue weighted by Gasteiger charge is 2.03. The van der Waals surface area contributed by atoms with Crippen LogP contribution in [0.4, 0.5) is 5.82 Å². The summed E-state index contributed by atoms with van der Waals surface area (Å²) in [5.41, 5.74) is 0. The molecule has 82 valence electrons. The first-order valence-electron chi connectivity index (χ1n) is 4.79. The number of nitrogens with one attached hydrogen (secondary N) is 1. The lowest BCUT2D eigenvalue weighted by molar-refractivity contribution is 1.24. The quantitative estimate of drug-likeness (QED) is 0.899. The number of pyridine rings is 1. The third-order valence-electron chi connectivity index (χ3n) is 2.20. The van der Waals surface area contributed by atoms with E-state index < -0.39 is 0 Å². The molecular weight excluding hydrogens is 332 g/mol. The fraction of sp³-hybridized carbons (Fsp3) is 0.0833. The van der Waals surface area contributed by atoms with Crippen LogP contribution in [0, 0.1) is 0 Å². The topological polar surface area (TPSA) is 24.9 Å². The average molecular weight is 342 g/mol. The summed E-state index contributed by atoms with van der Waals surface area (Å²) in [4.78, 5) is 4.33. The highest BCUT2D eigenvalue weighted by molar-refractivity contribution is 9.11. The molecule has 0 saturated heterocycles. The number of benzene rings is 1. The van der Waals surface area contributed by atoms with Crippen molar-refractivity contribution in [2.24, 2.45) is 0 Å². The molecule has 0 aliphatic rings. The minimum Gasteiger partial charge on any atom is -0.365 e. The number of anilines is 1. The zero-order valence-electron chi connectivity index (χ0n) is 8.50. The van der Waals surface area contributed by atoms with Crippen molar-refractivity contribution in [1.82, 2.24) is 4.98 Å². The van der Waals surface area contributed by atoms with Gasteiger partial charge in [-0.3, -0.25) is 0 Å². The molecule has 1 heterocycles. The molecule has 0 bridgehead atoms. The normalized spacial score (nSPS) is 10.4. The third-order valence-corrected chi connectivity index (χ3v) is 3.17. The lowest BCUT2D eigenvalue weighted by atomic mass is 10.1. The fourth-order valence-corrected chi connectivity index (χ4v) is 2.13. The lowest BCUT2D eigenvalue weighted by Gasteiger charge is -2.08. The van der Waals surface area contributed by atoms with Crippen LogP contribution in [0.1, 0.15) is 0 Å². The van der Waals surface area contributed by atoms with E-state index in [9.17, 15) is 0 Å². The van der Waals surface area contributed by atoms with Crippen LogP contribution in [0.25, 0.3) is 10.8 Å². The summed E-state index contributed by atoms with van der Waals surface area (Å²) < 4.78 is 1.98.